The molecule has 1 saturated heterocycles. The molecule has 1 aliphatic heterocycles. The molecule has 0 spiro atoms. The molecule has 0 aromatic heterocycles. The van der Waals surface area contributed by atoms with Crippen LogP contribution in [0.3, 0.4) is 0 Å². The van der Waals surface area contributed by atoms with Gasteiger partial charge < -0.3 is 20.1 Å². The van der Waals surface area contributed by atoms with Crippen LogP contribution in [0.15, 0.2) is 48.5 Å². The summed E-state index contributed by atoms with van der Waals surface area (Å²) < 4.78 is 5.87. The third-order valence-corrected chi connectivity index (χ3v) is 4.75. The molecule has 1 fully saturated rings. The molecule has 0 saturated carbocycles. The molecule has 1 amide bonds. The summed E-state index contributed by atoms with van der Waals surface area (Å²) in [6.45, 7) is 2.47. The van der Waals surface area contributed by atoms with Gasteiger partial charge in [-0.2, -0.15) is 0 Å². The van der Waals surface area contributed by atoms with Crippen LogP contribution in [0.4, 0.5) is 4.79 Å². The topological polar surface area (TPSA) is 61.8 Å². The fraction of sp³-hybridized carbons (Fsp3) is 0.350. The van der Waals surface area contributed by atoms with Crippen LogP contribution in [0.1, 0.15) is 11.1 Å². The SMILES string of the molecule is O=C(O)N1CCNCC1Cc1cccc(OCCc2cccc(Cl)c2)c1. The lowest BCUT2D eigenvalue weighted by molar-refractivity contribution is 0.112. The van der Waals surface area contributed by atoms with Gasteiger partial charge in [-0.15, -0.1) is 0 Å². The standard InChI is InChI=1S/C20H23ClN2O3/c21-17-5-1-3-15(11-17)7-10-26-19-6-2-4-16(13-19)12-18-14-22-8-9-23(18)20(24)25/h1-6,11,13,18,22H,7-10,12,14H2,(H,24,25). The molecule has 1 unspecified atom stereocenters. The molecule has 26 heavy (non-hydrogen) atoms. The van der Waals surface area contributed by atoms with E-state index in [2.05, 4.69) is 5.32 Å². The maximum Gasteiger partial charge on any atom is 0.407 e. The van der Waals surface area contributed by atoms with Crippen molar-refractivity contribution in [1.82, 2.24) is 10.2 Å². The van der Waals surface area contributed by atoms with Crippen molar-refractivity contribution in [2.75, 3.05) is 26.2 Å². The molecular formula is C20H23ClN2O3. The van der Waals surface area contributed by atoms with Gasteiger partial charge in [0.25, 0.3) is 0 Å². The number of nitrogens with zero attached hydrogens (tertiary/aromatic N) is 1. The van der Waals surface area contributed by atoms with Crippen molar-refractivity contribution >= 4 is 17.7 Å². The molecule has 1 aliphatic rings. The van der Waals surface area contributed by atoms with Gasteiger partial charge in [-0.05, 0) is 41.8 Å². The second-order valence-electron chi connectivity index (χ2n) is 6.41. The Morgan fingerprint density at radius 1 is 1.23 bits per heavy atom. The molecule has 5 nitrogen and oxygen atoms in total. The van der Waals surface area contributed by atoms with Gasteiger partial charge in [-0.1, -0.05) is 35.9 Å². The summed E-state index contributed by atoms with van der Waals surface area (Å²) in [5.74, 6) is 0.801. The van der Waals surface area contributed by atoms with Crippen LogP contribution in [0, 0.1) is 0 Å². The molecule has 1 atom stereocenters. The highest BCUT2D eigenvalue weighted by Gasteiger charge is 2.26. The van der Waals surface area contributed by atoms with E-state index in [1.807, 2.05) is 48.5 Å². The minimum Gasteiger partial charge on any atom is -0.493 e. The lowest BCUT2D eigenvalue weighted by Crippen LogP contribution is -2.54. The molecule has 0 radical (unpaired) electrons. The van der Waals surface area contributed by atoms with Crippen LogP contribution in [0.5, 0.6) is 5.75 Å². The summed E-state index contributed by atoms with van der Waals surface area (Å²) in [7, 11) is 0. The largest absolute Gasteiger partial charge is 0.493 e. The van der Waals surface area contributed by atoms with E-state index < -0.39 is 6.09 Å². The van der Waals surface area contributed by atoms with Gasteiger partial charge in [0, 0.05) is 31.1 Å². The van der Waals surface area contributed by atoms with Crippen molar-refractivity contribution in [2.24, 2.45) is 0 Å². The second kappa shape index (κ2) is 8.92. The molecule has 2 N–H and O–H groups in total. The molecule has 138 valence electrons. The summed E-state index contributed by atoms with van der Waals surface area (Å²) in [5, 5.41) is 13.3. The minimum absolute atomic E-state index is 0.0528. The highest BCUT2D eigenvalue weighted by Crippen LogP contribution is 2.18. The predicted octanol–water partition coefficient (Wildman–Crippen LogP) is 3.46. The monoisotopic (exact) mass is 374 g/mol. The third kappa shape index (κ3) is 5.13. The Kier molecular flexibility index (Phi) is 6.36. The first-order valence-corrected chi connectivity index (χ1v) is 9.16. The number of carbonyl (C=O) groups is 1. The Labute approximate surface area is 158 Å². The zero-order valence-corrected chi connectivity index (χ0v) is 15.3. The van der Waals surface area contributed by atoms with E-state index in [1.54, 1.807) is 0 Å². The maximum atomic E-state index is 11.4. The molecule has 2 aromatic rings. The van der Waals surface area contributed by atoms with E-state index in [4.69, 9.17) is 16.3 Å². The first-order valence-electron chi connectivity index (χ1n) is 8.78. The summed E-state index contributed by atoms with van der Waals surface area (Å²) in [5.41, 5.74) is 2.21. The Morgan fingerprint density at radius 2 is 2.04 bits per heavy atom. The van der Waals surface area contributed by atoms with Crippen molar-refractivity contribution in [2.45, 2.75) is 18.9 Å². The summed E-state index contributed by atoms with van der Waals surface area (Å²) in [4.78, 5) is 12.9. The van der Waals surface area contributed by atoms with Gasteiger partial charge in [0.05, 0.1) is 12.6 Å². The Balaban J connectivity index is 1.56. The Hall–Kier alpha value is -2.24. The van der Waals surface area contributed by atoms with Crippen molar-refractivity contribution in [1.29, 1.82) is 0 Å². The number of hydrogen-bond donors (Lipinski definition) is 2. The number of amides is 1. The number of carboxylic acid groups (broad SMARTS) is 1. The van der Waals surface area contributed by atoms with E-state index in [-0.39, 0.29) is 6.04 Å². The fourth-order valence-corrected chi connectivity index (χ4v) is 3.42. The highest BCUT2D eigenvalue weighted by molar-refractivity contribution is 6.30. The van der Waals surface area contributed by atoms with Gasteiger partial charge in [0.1, 0.15) is 5.75 Å². The number of ether oxygens (including phenoxy) is 1. The van der Waals surface area contributed by atoms with Crippen molar-refractivity contribution in [3.8, 4) is 5.75 Å². The van der Waals surface area contributed by atoms with Crippen LogP contribution in [0.2, 0.25) is 5.02 Å². The number of halogens is 1. The summed E-state index contributed by atoms with van der Waals surface area (Å²) in [6, 6.07) is 15.6. The normalized spacial score (nSPS) is 17.1. The van der Waals surface area contributed by atoms with Crippen LogP contribution in [0.25, 0.3) is 0 Å². The van der Waals surface area contributed by atoms with Gasteiger partial charge >= 0.3 is 6.09 Å². The maximum absolute atomic E-state index is 11.4. The molecule has 3 rings (SSSR count). The number of benzene rings is 2. The number of rotatable bonds is 6. The first-order chi connectivity index (χ1) is 12.6. The van der Waals surface area contributed by atoms with Crippen molar-refractivity contribution < 1.29 is 14.6 Å². The van der Waals surface area contributed by atoms with E-state index in [0.29, 0.717) is 32.7 Å². The van der Waals surface area contributed by atoms with Crippen LogP contribution >= 0.6 is 11.6 Å². The van der Waals surface area contributed by atoms with Crippen LogP contribution < -0.4 is 10.1 Å². The van der Waals surface area contributed by atoms with Gasteiger partial charge in [0.15, 0.2) is 0 Å². The Bertz CT molecular complexity index is 753. The van der Waals surface area contributed by atoms with E-state index >= 15 is 0 Å². The lowest BCUT2D eigenvalue weighted by Gasteiger charge is -2.34. The number of piperazine rings is 1. The summed E-state index contributed by atoms with van der Waals surface area (Å²) >= 11 is 6.00. The molecular weight excluding hydrogens is 352 g/mol. The number of hydrogen-bond acceptors (Lipinski definition) is 3. The molecule has 6 heteroatoms. The predicted molar refractivity (Wildman–Crippen MR) is 102 cm³/mol. The quantitative estimate of drug-likeness (QED) is 0.812. The first kappa shape index (κ1) is 18.5. The zero-order chi connectivity index (χ0) is 18.4. The Morgan fingerprint density at radius 3 is 2.85 bits per heavy atom. The van der Waals surface area contributed by atoms with E-state index in [1.165, 1.54) is 4.90 Å². The van der Waals surface area contributed by atoms with Gasteiger partial charge in [-0.3, -0.25) is 0 Å². The molecule has 0 bridgehead atoms. The average Bonchev–Trinajstić information content (AvgIpc) is 2.62. The molecule has 2 aromatic carbocycles. The number of nitrogens with one attached hydrogen (secondary N) is 1. The highest BCUT2D eigenvalue weighted by atomic mass is 35.5. The van der Waals surface area contributed by atoms with Gasteiger partial charge in [-0.25, -0.2) is 4.79 Å². The molecule has 0 aliphatic carbocycles. The fourth-order valence-electron chi connectivity index (χ4n) is 3.21. The third-order valence-electron chi connectivity index (χ3n) is 4.51. The summed E-state index contributed by atoms with van der Waals surface area (Å²) in [6.07, 6.45) is 0.597. The van der Waals surface area contributed by atoms with Crippen molar-refractivity contribution in [3.05, 3.63) is 64.7 Å². The minimum atomic E-state index is -0.856. The average molecular weight is 375 g/mol. The smallest absolute Gasteiger partial charge is 0.407 e. The second-order valence-corrected chi connectivity index (χ2v) is 6.85. The van der Waals surface area contributed by atoms with Crippen LogP contribution in [-0.4, -0.2) is 48.4 Å². The van der Waals surface area contributed by atoms with Crippen molar-refractivity contribution in [3.63, 3.8) is 0 Å². The van der Waals surface area contributed by atoms with E-state index in [9.17, 15) is 9.90 Å². The van der Waals surface area contributed by atoms with Gasteiger partial charge in [0.2, 0.25) is 0 Å². The van der Waals surface area contributed by atoms with E-state index in [0.717, 1.165) is 28.3 Å². The van der Waals surface area contributed by atoms with Crippen LogP contribution in [-0.2, 0) is 12.8 Å². The molecule has 1 heterocycles. The zero-order valence-electron chi connectivity index (χ0n) is 14.5. The lowest BCUT2D eigenvalue weighted by atomic mass is 10.0.